The Bertz CT molecular complexity index is 858. The largest absolute Gasteiger partial charge is 0.463 e. The van der Waals surface area contributed by atoms with Crippen LogP contribution in [-0.2, 0) is 20.7 Å². The van der Waals surface area contributed by atoms with Gasteiger partial charge in [-0.1, -0.05) is 0 Å². The molecule has 0 aliphatic carbocycles. The van der Waals surface area contributed by atoms with Crippen LogP contribution in [0.2, 0.25) is 0 Å². The summed E-state index contributed by atoms with van der Waals surface area (Å²) in [6, 6.07) is 2.07. The number of nitrogens with zero attached hydrogens (tertiary/aromatic N) is 2. The Morgan fingerprint density at radius 2 is 2.00 bits per heavy atom. The summed E-state index contributed by atoms with van der Waals surface area (Å²) in [5.74, 6) is 0.580. The lowest BCUT2D eigenvalue weighted by atomic mass is 9.93. The number of aliphatic imine (C=N–C) groups is 1. The second kappa shape index (κ2) is 9.20. The number of carbonyl (C=O) groups excluding carboxylic acids is 2. The molecule has 1 saturated heterocycles. The van der Waals surface area contributed by atoms with E-state index in [0.29, 0.717) is 43.4 Å². The van der Waals surface area contributed by atoms with E-state index in [1.807, 2.05) is 26.8 Å². The fraction of sp³-hybridized carbons (Fsp3) is 0.591. The highest BCUT2D eigenvalue weighted by Crippen LogP contribution is 2.36. The van der Waals surface area contributed by atoms with Gasteiger partial charge in [0.1, 0.15) is 11.4 Å². The van der Waals surface area contributed by atoms with Crippen molar-refractivity contribution in [2.75, 3.05) is 19.7 Å². The summed E-state index contributed by atoms with van der Waals surface area (Å²) in [5.41, 5.74) is 6.90. The first kappa shape index (κ1) is 22.3. The van der Waals surface area contributed by atoms with E-state index in [4.69, 9.17) is 15.2 Å². The topological polar surface area (TPSA) is 94.2 Å². The SMILES string of the molecule is CCOC(=O)C1=Cc2sc(CC3CCN(C(=O)OC(C)(C)C)CC3)cc2N=C(N)C1. The minimum Gasteiger partial charge on any atom is -0.463 e. The first-order valence-electron chi connectivity index (χ1n) is 10.5. The van der Waals surface area contributed by atoms with Crippen molar-refractivity contribution in [1.82, 2.24) is 4.90 Å². The van der Waals surface area contributed by atoms with Crippen molar-refractivity contribution in [3.05, 3.63) is 21.4 Å². The fourth-order valence-corrected chi connectivity index (χ4v) is 4.80. The molecule has 1 aromatic heterocycles. The summed E-state index contributed by atoms with van der Waals surface area (Å²) in [7, 11) is 0. The molecule has 0 spiro atoms. The fourth-order valence-electron chi connectivity index (χ4n) is 3.62. The third kappa shape index (κ3) is 5.84. The maximum Gasteiger partial charge on any atom is 0.410 e. The summed E-state index contributed by atoms with van der Waals surface area (Å²) < 4.78 is 10.6. The summed E-state index contributed by atoms with van der Waals surface area (Å²) in [6.45, 7) is 9.19. The third-order valence-electron chi connectivity index (χ3n) is 5.03. The number of fused-ring (bicyclic) bond motifs is 1. The van der Waals surface area contributed by atoms with E-state index < -0.39 is 5.60 Å². The maximum atomic E-state index is 12.2. The molecule has 2 aliphatic heterocycles. The van der Waals surface area contributed by atoms with Crippen LogP contribution in [0.3, 0.4) is 0 Å². The summed E-state index contributed by atoms with van der Waals surface area (Å²) in [4.78, 5) is 32.9. The van der Waals surface area contributed by atoms with E-state index >= 15 is 0 Å². The van der Waals surface area contributed by atoms with E-state index in [-0.39, 0.29) is 12.1 Å². The Kier molecular flexibility index (Phi) is 6.85. The lowest BCUT2D eigenvalue weighted by Crippen LogP contribution is -2.42. The average Bonchev–Trinajstić information content (AvgIpc) is 2.93. The highest BCUT2D eigenvalue weighted by molar-refractivity contribution is 7.13. The number of amidine groups is 1. The van der Waals surface area contributed by atoms with Crippen LogP contribution in [0.15, 0.2) is 16.6 Å². The monoisotopic (exact) mass is 433 g/mol. The van der Waals surface area contributed by atoms with Crippen LogP contribution in [0.1, 0.15) is 56.7 Å². The Morgan fingerprint density at radius 1 is 1.30 bits per heavy atom. The van der Waals surface area contributed by atoms with Crippen molar-refractivity contribution >= 4 is 41.0 Å². The van der Waals surface area contributed by atoms with Crippen molar-refractivity contribution in [1.29, 1.82) is 0 Å². The van der Waals surface area contributed by atoms with Crippen molar-refractivity contribution in [3.8, 4) is 0 Å². The molecule has 8 heteroatoms. The Labute approximate surface area is 181 Å². The van der Waals surface area contributed by atoms with Crippen LogP contribution in [0.25, 0.3) is 6.08 Å². The standard InChI is InChI=1S/C22H31N3O4S/c1-5-28-20(26)15-11-18-17(24-19(23)12-15)13-16(30-18)10-14-6-8-25(9-7-14)21(27)29-22(2,3)4/h11,13-14H,5-10,12H2,1-4H3,(H2,23,24). The smallest absolute Gasteiger partial charge is 0.410 e. The number of hydrogen-bond acceptors (Lipinski definition) is 7. The molecule has 0 atom stereocenters. The van der Waals surface area contributed by atoms with Gasteiger partial charge in [-0.15, -0.1) is 11.3 Å². The van der Waals surface area contributed by atoms with Gasteiger partial charge in [0.2, 0.25) is 0 Å². The Morgan fingerprint density at radius 3 is 2.63 bits per heavy atom. The molecule has 3 rings (SSSR count). The number of thiophene rings is 1. The van der Waals surface area contributed by atoms with Gasteiger partial charge >= 0.3 is 12.1 Å². The lowest BCUT2D eigenvalue weighted by molar-refractivity contribution is -0.138. The predicted octanol–water partition coefficient (Wildman–Crippen LogP) is 4.28. The molecule has 0 bridgehead atoms. The molecule has 1 amide bonds. The number of esters is 1. The van der Waals surface area contributed by atoms with Gasteiger partial charge in [-0.25, -0.2) is 14.6 Å². The molecule has 0 radical (unpaired) electrons. The molecule has 3 heterocycles. The van der Waals surface area contributed by atoms with Crippen LogP contribution in [-0.4, -0.2) is 48.1 Å². The number of likely N-dealkylation sites (tertiary alicyclic amines) is 1. The molecular weight excluding hydrogens is 402 g/mol. The van der Waals surface area contributed by atoms with Gasteiger partial charge in [0.15, 0.2) is 0 Å². The number of amides is 1. The number of ether oxygens (including phenoxy) is 2. The minimum atomic E-state index is -0.471. The van der Waals surface area contributed by atoms with Crippen LogP contribution in [0.5, 0.6) is 0 Å². The first-order chi connectivity index (χ1) is 14.1. The van der Waals surface area contributed by atoms with E-state index in [9.17, 15) is 9.59 Å². The molecule has 2 N–H and O–H groups in total. The van der Waals surface area contributed by atoms with Crippen LogP contribution >= 0.6 is 11.3 Å². The van der Waals surface area contributed by atoms with Gasteiger partial charge in [0.05, 0.1) is 17.2 Å². The second-order valence-corrected chi connectivity index (χ2v) is 9.92. The molecule has 1 fully saturated rings. The molecule has 164 valence electrons. The van der Waals surface area contributed by atoms with Gasteiger partial charge < -0.3 is 20.1 Å². The number of nitrogens with two attached hydrogens (primary N) is 1. The average molecular weight is 434 g/mol. The molecule has 0 aromatic carbocycles. The zero-order valence-electron chi connectivity index (χ0n) is 18.2. The summed E-state index contributed by atoms with van der Waals surface area (Å²) in [6.07, 6.45) is 4.74. The number of rotatable bonds is 4. The highest BCUT2D eigenvalue weighted by Gasteiger charge is 2.27. The zero-order chi connectivity index (χ0) is 21.9. The van der Waals surface area contributed by atoms with E-state index in [0.717, 1.165) is 29.8 Å². The van der Waals surface area contributed by atoms with Crippen molar-refractivity contribution < 1.29 is 19.1 Å². The van der Waals surface area contributed by atoms with E-state index in [1.54, 1.807) is 23.2 Å². The molecular formula is C22H31N3O4S. The van der Waals surface area contributed by atoms with Gasteiger partial charge in [-0.05, 0) is 65.0 Å². The van der Waals surface area contributed by atoms with Crippen LogP contribution < -0.4 is 5.73 Å². The van der Waals surface area contributed by atoms with Gasteiger partial charge in [0.25, 0.3) is 0 Å². The van der Waals surface area contributed by atoms with E-state index in [2.05, 4.69) is 11.1 Å². The third-order valence-corrected chi connectivity index (χ3v) is 6.12. The number of carbonyl (C=O) groups is 2. The summed E-state index contributed by atoms with van der Waals surface area (Å²) >= 11 is 1.65. The van der Waals surface area contributed by atoms with Gasteiger partial charge in [0, 0.05) is 30.0 Å². The Hall–Kier alpha value is -2.35. The van der Waals surface area contributed by atoms with Crippen molar-refractivity contribution in [2.24, 2.45) is 16.6 Å². The molecule has 0 unspecified atom stereocenters. The molecule has 2 aliphatic rings. The summed E-state index contributed by atoms with van der Waals surface area (Å²) in [5, 5.41) is 0. The molecule has 0 saturated carbocycles. The molecule has 30 heavy (non-hydrogen) atoms. The molecule has 7 nitrogen and oxygen atoms in total. The van der Waals surface area contributed by atoms with Gasteiger partial charge in [-0.3, -0.25) is 0 Å². The quantitative estimate of drug-likeness (QED) is 0.716. The first-order valence-corrected chi connectivity index (χ1v) is 11.3. The van der Waals surface area contributed by atoms with Crippen molar-refractivity contribution in [2.45, 2.75) is 59.0 Å². The highest BCUT2D eigenvalue weighted by atomic mass is 32.1. The van der Waals surface area contributed by atoms with Crippen molar-refractivity contribution in [3.63, 3.8) is 0 Å². The normalized spacial score (nSPS) is 17.5. The second-order valence-electron chi connectivity index (χ2n) is 8.75. The number of hydrogen-bond donors (Lipinski definition) is 1. The Balaban J connectivity index is 1.63. The predicted molar refractivity (Wildman–Crippen MR) is 119 cm³/mol. The van der Waals surface area contributed by atoms with Crippen LogP contribution in [0.4, 0.5) is 10.5 Å². The van der Waals surface area contributed by atoms with E-state index in [1.165, 1.54) is 4.88 Å². The maximum absolute atomic E-state index is 12.2. The lowest BCUT2D eigenvalue weighted by Gasteiger charge is -2.33. The molecule has 1 aromatic rings. The minimum absolute atomic E-state index is 0.231. The number of piperidine rings is 1. The zero-order valence-corrected chi connectivity index (χ0v) is 19.0. The van der Waals surface area contributed by atoms with Crippen LogP contribution in [0, 0.1) is 5.92 Å². The van der Waals surface area contributed by atoms with Gasteiger partial charge in [-0.2, -0.15) is 0 Å².